The number of hydrazine groups is 1. The summed E-state index contributed by atoms with van der Waals surface area (Å²) < 4.78 is 19.9. The summed E-state index contributed by atoms with van der Waals surface area (Å²) in [6.45, 7) is 0.764. The molecule has 2 heterocycles. The van der Waals surface area contributed by atoms with Crippen molar-refractivity contribution < 1.29 is 24.1 Å². The van der Waals surface area contributed by atoms with Crippen LogP contribution in [0.5, 0.6) is 0 Å². The average molecular weight is 387 g/mol. The van der Waals surface area contributed by atoms with Crippen LogP contribution in [-0.4, -0.2) is 33.9 Å². The van der Waals surface area contributed by atoms with Crippen LogP contribution < -0.4 is 10.4 Å². The Bertz CT molecular complexity index is 888. The van der Waals surface area contributed by atoms with Gasteiger partial charge in [0.1, 0.15) is 11.9 Å². The Balaban J connectivity index is 1.48. The second-order valence-corrected chi connectivity index (χ2v) is 7.14. The number of carbonyl (C=O) groups is 1. The van der Waals surface area contributed by atoms with Crippen molar-refractivity contribution in [3.63, 3.8) is 0 Å². The molecule has 4 rings (SSSR count). The zero-order valence-electron chi connectivity index (χ0n) is 15.3. The molecular weight excluding hydrogens is 365 g/mol. The smallest absolute Gasteiger partial charge is 0.303 e. The highest BCUT2D eigenvalue weighted by Gasteiger charge is 2.26. The Labute approximate surface area is 161 Å². The van der Waals surface area contributed by atoms with Gasteiger partial charge in [0.25, 0.3) is 0 Å². The average Bonchev–Trinajstić information content (AvgIpc) is 3.42. The van der Waals surface area contributed by atoms with Crippen LogP contribution in [0.4, 0.5) is 15.9 Å². The molecule has 1 aliphatic heterocycles. The number of pyridine rings is 1. The van der Waals surface area contributed by atoms with Gasteiger partial charge in [-0.3, -0.25) is 9.80 Å². The maximum absolute atomic E-state index is 14.3. The summed E-state index contributed by atoms with van der Waals surface area (Å²) in [7, 11) is 0. The van der Waals surface area contributed by atoms with Gasteiger partial charge in [0.15, 0.2) is 5.82 Å². The molecule has 7 nitrogen and oxygen atoms in total. The Kier molecular flexibility index (Phi) is 5.25. The van der Waals surface area contributed by atoms with Crippen LogP contribution in [0.2, 0.25) is 0 Å². The van der Waals surface area contributed by atoms with E-state index < -0.39 is 17.9 Å². The fraction of sp³-hybridized carbons (Fsp3) is 0.400. The molecule has 0 unspecified atom stereocenters. The number of benzene rings is 1. The number of halogens is 1. The zero-order valence-corrected chi connectivity index (χ0v) is 15.3. The summed E-state index contributed by atoms with van der Waals surface area (Å²) in [5, 5.41) is 20.7. The molecule has 1 aromatic carbocycles. The lowest BCUT2D eigenvalue weighted by atomic mass is 10.1. The third-order valence-electron chi connectivity index (χ3n) is 4.91. The van der Waals surface area contributed by atoms with Gasteiger partial charge >= 0.3 is 5.97 Å². The minimum absolute atomic E-state index is 0.113. The Morgan fingerprint density at radius 2 is 2.21 bits per heavy atom. The molecule has 148 valence electrons. The number of aromatic nitrogens is 1. The molecule has 0 bridgehead atoms. The van der Waals surface area contributed by atoms with Gasteiger partial charge in [0.2, 0.25) is 0 Å². The van der Waals surface area contributed by atoms with E-state index in [0.717, 1.165) is 18.4 Å². The number of aliphatic hydroxyl groups is 1. The van der Waals surface area contributed by atoms with E-state index in [-0.39, 0.29) is 25.6 Å². The van der Waals surface area contributed by atoms with Gasteiger partial charge in [0.05, 0.1) is 18.4 Å². The van der Waals surface area contributed by atoms with E-state index >= 15 is 0 Å². The van der Waals surface area contributed by atoms with E-state index in [1.807, 2.05) is 6.07 Å². The van der Waals surface area contributed by atoms with Crippen LogP contribution in [0.15, 0.2) is 30.5 Å². The maximum Gasteiger partial charge on any atom is 0.303 e. The molecule has 2 aromatic rings. The number of hydrogen-bond donors (Lipinski definition) is 3. The monoisotopic (exact) mass is 387 g/mol. The van der Waals surface area contributed by atoms with Crippen LogP contribution in [0, 0.1) is 5.82 Å². The molecule has 0 amide bonds. The molecule has 3 N–H and O–H groups in total. The van der Waals surface area contributed by atoms with Crippen molar-refractivity contribution in [1.29, 1.82) is 0 Å². The predicted octanol–water partition coefficient (Wildman–Crippen LogP) is 2.61. The number of nitrogens with one attached hydrogen (secondary N) is 1. The first-order chi connectivity index (χ1) is 13.5. The molecule has 8 heteroatoms. The lowest BCUT2D eigenvalue weighted by Crippen LogP contribution is -2.27. The number of nitrogens with zero attached hydrogens (tertiary/aromatic N) is 2. The van der Waals surface area contributed by atoms with Crippen molar-refractivity contribution in [3.05, 3.63) is 53.0 Å². The molecule has 1 aliphatic carbocycles. The topological polar surface area (TPSA) is 94.9 Å². The summed E-state index contributed by atoms with van der Waals surface area (Å²) in [4.78, 5) is 15.1. The predicted molar refractivity (Wildman–Crippen MR) is 99.5 cm³/mol. The van der Waals surface area contributed by atoms with Gasteiger partial charge in [-0.05, 0) is 43.0 Å². The third kappa shape index (κ3) is 4.14. The Morgan fingerprint density at radius 1 is 1.39 bits per heavy atom. The van der Waals surface area contributed by atoms with Gasteiger partial charge in [0, 0.05) is 30.3 Å². The van der Waals surface area contributed by atoms with Crippen molar-refractivity contribution in [2.45, 2.75) is 44.4 Å². The number of rotatable bonds is 8. The molecule has 0 radical (unpaired) electrons. The molecule has 1 aromatic heterocycles. The van der Waals surface area contributed by atoms with Crippen molar-refractivity contribution in [2.75, 3.05) is 11.6 Å². The number of carboxylic acids is 1. The standard InChI is InChI=1S/C20H22FN3O4/c21-17-8-15(3-1-12(17)2-6-19(26)27)24-20-14(10-23-24)7-13(9-22-20)18(25)11-28-16-4-5-16/h1,3,7-9,16,18,23,25H,2,4-6,10-11H2,(H,26,27)/t18-/m0/s1. The van der Waals surface area contributed by atoms with Gasteiger partial charge in [-0.15, -0.1) is 0 Å². The molecule has 1 atom stereocenters. The molecular formula is C20H22FN3O4. The highest BCUT2D eigenvalue weighted by Crippen LogP contribution is 2.33. The van der Waals surface area contributed by atoms with Crippen LogP contribution in [0.3, 0.4) is 0 Å². The first-order valence-electron chi connectivity index (χ1n) is 9.33. The number of aliphatic hydroxyl groups excluding tert-OH is 1. The minimum Gasteiger partial charge on any atom is -0.481 e. The Morgan fingerprint density at radius 3 is 2.93 bits per heavy atom. The Hall–Kier alpha value is -2.55. The lowest BCUT2D eigenvalue weighted by molar-refractivity contribution is -0.136. The van der Waals surface area contributed by atoms with E-state index in [9.17, 15) is 14.3 Å². The SMILES string of the molecule is O=C(O)CCc1ccc(N2NCc3cc([C@@H](O)COC4CC4)cnc32)cc1F. The normalized spacial score (nSPS) is 16.9. The van der Waals surface area contributed by atoms with Crippen LogP contribution >= 0.6 is 0 Å². The van der Waals surface area contributed by atoms with Crippen LogP contribution in [0.1, 0.15) is 42.1 Å². The second kappa shape index (κ2) is 7.83. The second-order valence-electron chi connectivity index (χ2n) is 7.14. The van der Waals surface area contributed by atoms with Gasteiger partial charge in [-0.25, -0.2) is 14.8 Å². The number of carboxylic acid groups (broad SMARTS) is 1. The first-order valence-corrected chi connectivity index (χ1v) is 9.33. The number of hydrogen-bond acceptors (Lipinski definition) is 6. The number of ether oxygens (including phenoxy) is 1. The summed E-state index contributed by atoms with van der Waals surface area (Å²) in [5.74, 6) is -0.752. The molecule has 1 saturated carbocycles. The van der Waals surface area contributed by atoms with Gasteiger partial charge in [-0.1, -0.05) is 6.07 Å². The summed E-state index contributed by atoms with van der Waals surface area (Å²) in [5.41, 5.74) is 5.70. The summed E-state index contributed by atoms with van der Waals surface area (Å²) in [6, 6.07) is 6.58. The third-order valence-corrected chi connectivity index (χ3v) is 4.91. The summed E-state index contributed by atoms with van der Waals surface area (Å²) >= 11 is 0. The van der Waals surface area contributed by atoms with Gasteiger partial charge in [-0.2, -0.15) is 0 Å². The first kappa shape index (κ1) is 18.8. The van der Waals surface area contributed by atoms with E-state index in [2.05, 4.69) is 10.4 Å². The quantitative estimate of drug-likeness (QED) is 0.641. The zero-order chi connectivity index (χ0) is 19.7. The molecule has 0 saturated heterocycles. The van der Waals surface area contributed by atoms with Crippen molar-refractivity contribution in [2.24, 2.45) is 0 Å². The van der Waals surface area contributed by atoms with E-state index in [0.29, 0.717) is 29.2 Å². The number of aliphatic carboxylic acids is 1. The largest absolute Gasteiger partial charge is 0.481 e. The van der Waals surface area contributed by atoms with Crippen LogP contribution in [-0.2, 0) is 22.5 Å². The van der Waals surface area contributed by atoms with E-state index in [1.54, 1.807) is 23.3 Å². The highest BCUT2D eigenvalue weighted by atomic mass is 19.1. The summed E-state index contributed by atoms with van der Waals surface area (Å²) in [6.07, 6.45) is 3.31. The van der Waals surface area contributed by atoms with Crippen molar-refractivity contribution >= 4 is 17.5 Å². The van der Waals surface area contributed by atoms with E-state index in [4.69, 9.17) is 9.84 Å². The minimum atomic E-state index is -0.955. The number of anilines is 2. The van der Waals surface area contributed by atoms with Crippen molar-refractivity contribution in [1.82, 2.24) is 10.4 Å². The fourth-order valence-electron chi connectivity index (χ4n) is 3.17. The number of fused-ring (bicyclic) bond motifs is 1. The molecule has 2 aliphatic rings. The molecule has 28 heavy (non-hydrogen) atoms. The maximum atomic E-state index is 14.3. The van der Waals surface area contributed by atoms with Crippen LogP contribution in [0.25, 0.3) is 0 Å². The van der Waals surface area contributed by atoms with E-state index in [1.165, 1.54) is 6.07 Å². The van der Waals surface area contributed by atoms with Gasteiger partial charge < -0.3 is 14.9 Å². The molecule has 1 fully saturated rings. The number of aryl methyl sites for hydroxylation is 1. The molecule has 0 spiro atoms. The van der Waals surface area contributed by atoms with Crippen molar-refractivity contribution in [3.8, 4) is 0 Å². The lowest BCUT2D eigenvalue weighted by Gasteiger charge is -2.19. The highest BCUT2D eigenvalue weighted by molar-refractivity contribution is 5.67. The fourth-order valence-corrected chi connectivity index (χ4v) is 3.17.